The molecule has 2 heterocycles. The largest absolute Gasteiger partial charge is 0.490 e. The first-order valence-electron chi connectivity index (χ1n) is 9.85. The standard InChI is InChI=1S/C22H17BrCl2N4O3S/c1-2-18-28-29-20(26)15(21(30)27-22(29)33-18)9-12-10-16(24)19(17(25)11-12)32-8-7-31-14-5-3-13(23)4-6-14/h3-6,9-11,26H,2,7-8H2,1H3/b15-9-,26-20?. The summed E-state index contributed by atoms with van der Waals surface area (Å²) in [5.41, 5.74) is 0.644. The fourth-order valence-electron chi connectivity index (χ4n) is 2.98. The lowest BCUT2D eigenvalue weighted by molar-refractivity contribution is -0.114. The molecule has 170 valence electrons. The van der Waals surface area contributed by atoms with Gasteiger partial charge in [0.05, 0.1) is 15.6 Å². The molecule has 1 amide bonds. The van der Waals surface area contributed by atoms with Crippen LogP contribution < -0.4 is 9.47 Å². The number of carbonyl (C=O) groups is 1. The average Bonchev–Trinajstić information content (AvgIpc) is 3.20. The molecule has 4 rings (SSSR count). The van der Waals surface area contributed by atoms with Crippen LogP contribution in [0.2, 0.25) is 10.0 Å². The van der Waals surface area contributed by atoms with E-state index in [1.807, 2.05) is 31.2 Å². The number of fused-ring (bicyclic) bond motifs is 1. The van der Waals surface area contributed by atoms with E-state index in [0.29, 0.717) is 29.5 Å². The third-order valence-electron chi connectivity index (χ3n) is 4.54. The zero-order valence-electron chi connectivity index (χ0n) is 17.3. The minimum atomic E-state index is -0.510. The van der Waals surface area contributed by atoms with E-state index >= 15 is 0 Å². The fraction of sp³-hybridized carbons (Fsp3) is 0.182. The lowest BCUT2D eigenvalue weighted by atomic mass is 10.1. The molecule has 1 N–H and O–H groups in total. The van der Waals surface area contributed by atoms with Crippen molar-refractivity contribution >= 4 is 78.9 Å². The Morgan fingerprint density at radius 1 is 1.15 bits per heavy atom. The second kappa shape index (κ2) is 10.3. The SMILES string of the molecule is CCC1=NN2C(=N)/C(=C/c3cc(Cl)c(OCCOc4ccc(Br)cc4)c(Cl)c3)C(=O)N=C2S1. The van der Waals surface area contributed by atoms with Crippen LogP contribution in [0.1, 0.15) is 18.9 Å². The minimum absolute atomic E-state index is 0.0430. The average molecular weight is 568 g/mol. The topological polar surface area (TPSA) is 87.3 Å². The van der Waals surface area contributed by atoms with Gasteiger partial charge in [0.1, 0.15) is 24.0 Å². The van der Waals surface area contributed by atoms with Gasteiger partial charge in [-0.1, -0.05) is 46.1 Å². The van der Waals surface area contributed by atoms with Gasteiger partial charge in [0.25, 0.3) is 5.91 Å². The molecule has 2 aliphatic rings. The number of amidine groups is 2. The van der Waals surface area contributed by atoms with Crippen molar-refractivity contribution in [2.45, 2.75) is 13.3 Å². The quantitative estimate of drug-likeness (QED) is 0.316. The summed E-state index contributed by atoms with van der Waals surface area (Å²) in [4.78, 5) is 16.5. The molecule has 0 unspecified atom stereocenters. The Balaban J connectivity index is 1.45. The molecule has 11 heteroatoms. The number of halogens is 3. The highest BCUT2D eigenvalue weighted by atomic mass is 79.9. The van der Waals surface area contributed by atoms with Crippen molar-refractivity contribution in [2.75, 3.05) is 13.2 Å². The minimum Gasteiger partial charge on any atom is -0.490 e. The summed E-state index contributed by atoms with van der Waals surface area (Å²) >= 11 is 17.4. The predicted molar refractivity (Wildman–Crippen MR) is 137 cm³/mol. The van der Waals surface area contributed by atoms with E-state index in [4.69, 9.17) is 38.1 Å². The fourth-order valence-corrected chi connectivity index (χ4v) is 4.68. The number of amides is 1. The van der Waals surface area contributed by atoms with Gasteiger partial charge in [0.2, 0.25) is 5.17 Å². The van der Waals surface area contributed by atoms with Crippen LogP contribution in [0.4, 0.5) is 0 Å². The summed E-state index contributed by atoms with van der Waals surface area (Å²) in [7, 11) is 0. The predicted octanol–water partition coefficient (Wildman–Crippen LogP) is 6.24. The highest BCUT2D eigenvalue weighted by Gasteiger charge is 2.35. The monoisotopic (exact) mass is 566 g/mol. The van der Waals surface area contributed by atoms with Gasteiger partial charge >= 0.3 is 0 Å². The summed E-state index contributed by atoms with van der Waals surface area (Å²) in [6.45, 7) is 2.49. The van der Waals surface area contributed by atoms with Gasteiger partial charge < -0.3 is 9.47 Å². The van der Waals surface area contributed by atoms with Crippen molar-refractivity contribution < 1.29 is 14.3 Å². The summed E-state index contributed by atoms with van der Waals surface area (Å²) in [5.74, 6) is 0.485. The Bertz CT molecular complexity index is 1190. The molecule has 0 bridgehead atoms. The summed E-state index contributed by atoms with van der Waals surface area (Å²) < 4.78 is 12.3. The Morgan fingerprint density at radius 2 is 1.82 bits per heavy atom. The lowest BCUT2D eigenvalue weighted by Crippen LogP contribution is -2.35. The van der Waals surface area contributed by atoms with Gasteiger partial charge in [-0.25, -0.2) is 0 Å². The van der Waals surface area contributed by atoms with Gasteiger partial charge in [-0.05, 0) is 66.2 Å². The van der Waals surface area contributed by atoms with Crippen LogP contribution in [0.3, 0.4) is 0 Å². The van der Waals surface area contributed by atoms with E-state index in [1.54, 1.807) is 12.1 Å². The number of aliphatic imine (C=N–C) groups is 1. The van der Waals surface area contributed by atoms with E-state index in [1.165, 1.54) is 22.8 Å². The molecule has 7 nitrogen and oxygen atoms in total. The maximum atomic E-state index is 12.5. The molecular weight excluding hydrogens is 551 g/mol. The van der Waals surface area contributed by atoms with Crippen molar-refractivity contribution in [3.05, 3.63) is 62.1 Å². The summed E-state index contributed by atoms with van der Waals surface area (Å²) in [6, 6.07) is 10.7. The number of nitrogens with zero attached hydrogens (tertiary/aromatic N) is 3. The lowest BCUT2D eigenvalue weighted by Gasteiger charge is -2.20. The van der Waals surface area contributed by atoms with Gasteiger partial charge in [0, 0.05) is 4.47 Å². The third kappa shape index (κ3) is 5.43. The number of hydrazone groups is 1. The molecule has 2 aromatic carbocycles. The van der Waals surface area contributed by atoms with E-state index in [9.17, 15) is 4.79 Å². The third-order valence-corrected chi connectivity index (χ3v) is 6.69. The van der Waals surface area contributed by atoms with E-state index in [2.05, 4.69) is 26.0 Å². The Morgan fingerprint density at radius 3 is 2.48 bits per heavy atom. The van der Waals surface area contributed by atoms with Gasteiger partial charge in [0.15, 0.2) is 11.6 Å². The molecule has 2 aromatic rings. The maximum absolute atomic E-state index is 12.5. The number of rotatable bonds is 7. The first-order chi connectivity index (χ1) is 15.9. The smallest absolute Gasteiger partial charge is 0.283 e. The van der Waals surface area contributed by atoms with Crippen molar-refractivity contribution in [2.24, 2.45) is 10.1 Å². The van der Waals surface area contributed by atoms with Gasteiger partial charge in [-0.2, -0.15) is 15.1 Å². The van der Waals surface area contributed by atoms with E-state index in [0.717, 1.165) is 15.3 Å². The number of benzene rings is 2. The zero-order valence-corrected chi connectivity index (χ0v) is 21.2. The number of hydrogen-bond acceptors (Lipinski definition) is 6. The molecular formula is C22H17BrCl2N4O3S. The molecule has 0 aliphatic carbocycles. The van der Waals surface area contributed by atoms with Crippen LogP contribution in [0, 0.1) is 5.41 Å². The first kappa shape index (κ1) is 23.8. The number of nitrogens with one attached hydrogen (secondary N) is 1. The van der Waals surface area contributed by atoms with Crippen molar-refractivity contribution in [3.8, 4) is 11.5 Å². The molecule has 0 spiro atoms. The molecule has 2 aliphatic heterocycles. The summed E-state index contributed by atoms with van der Waals surface area (Å²) in [5, 5.41) is 15.8. The van der Waals surface area contributed by atoms with Crippen LogP contribution in [0.5, 0.6) is 11.5 Å². The summed E-state index contributed by atoms with van der Waals surface area (Å²) in [6.07, 6.45) is 2.22. The zero-order chi connectivity index (χ0) is 23.5. The van der Waals surface area contributed by atoms with Crippen LogP contribution >= 0.6 is 50.9 Å². The Labute approximate surface area is 213 Å². The van der Waals surface area contributed by atoms with Crippen LogP contribution in [-0.4, -0.2) is 40.2 Å². The first-order valence-corrected chi connectivity index (χ1v) is 12.2. The van der Waals surface area contributed by atoms with Gasteiger partial charge in [-0.15, -0.1) is 0 Å². The second-order valence-electron chi connectivity index (χ2n) is 6.83. The second-order valence-corrected chi connectivity index (χ2v) is 9.60. The van der Waals surface area contributed by atoms with Crippen molar-refractivity contribution in [1.29, 1.82) is 5.41 Å². The van der Waals surface area contributed by atoms with Crippen molar-refractivity contribution in [3.63, 3.8) is 0 Å². The number of carbonyl (C=O) groups excluding carboxylic acids is 1. The Hall–Kier alpha value is -2.33. The maximum Gasteiger partial charge on any atom is 0.283 e. The molecule has 33 heavy (non-hydrogen) atoms. The van der Waals surface area contributed by atoms with Crippen LogP contribution in [-0.2, 0) is 4.79 Å². The van der Waals surface area contributed by atoms with Crippen LogP contribution in [0.25, 0.3) is 6.08 Å². The molecule has 0 atom stereocenters. The van der Waals surface area contributed by atoms with Gasteiger partial charge in [-0.3, -0.25) is 10.2 Å². The highest BCUT2D eigenvalue weighted by Crippen LogP contribution is 2.36. The molecule has 0 saturated carbocycles. The number of hydrogen-bond donors (Lipinski definition) is 1. The molecule has 0 saturated heterocycles. The molecule has 0 fully saturated rings. The molecule has 0 radical (unpaired) electrons. The van der Waals surface area contributed by atoms with Crippen LogP contribution in [0.15, 0.2) is 56.5 Å². The van der Waals surface area contributed by atoms with Crippen molar-refractivity contribution in [1.82, 2.24) is 5.01 Å². The normalized spacial score (nSPS) is 16.6. The van der Waals surface area contributed by atoms with E-state index in [-0.39, 0.29) is 28.1 Å². The number of thioether (sulfide) groups is 1. The number of ether oxygens (including phenoxy) is 2. The Kier molecular flexibility index (Phi) is 7.43. The highest BCUT2D eigenvalue weighted by molar-refractivity contribution is 9.10. The van der Waals surface area contributed by atoms with E-state index < -0.39 is 5.91 Å². The molecule has 0 aromatic heterocycles.